The molecule has 0 spiro atoms. The highest BCUT2D eigenvalue weighted by atomic mass is 16.6. The van der Waals surface area contributed by atoms with Crippen LogP contribution in [0.3, 0.4) is 0 Å². The zero-order valence-corrected chi connectivity index (χ0v) is 12.8. The van der Waals surface area contributed by atoms with Crippen molar-refractivity contribution in [3.05, 3.63) is 30.5 Å². The summed E-state index contributed by atoms with van der Waals surface area (Å²) in [5, 5.41) is 0. The zero-order valence-electron chi connectivity index (χ0n) is 12.8. The SMILES string of the molecule is C=Cc1ccc(N(CC)C(=O)OC(C)(C)C)nc1.O=C=O. The Bertz CT molecular complexity index is 497. The van der Waals surface area contributed by atoms with Crippen molar-refractivity contribution >= 4 is 24.1 Å². The van der Waals surface area contributed by atoms with E-state index in [0.29, 0.717) is 12.4 Å². The average molecular weight is 292 g/mol. The quantitative estimate of drug-likeness (QED) is 0.856. The summed E-state index contributed by atoms with van der Waals surface area (Å²) in [7, 11) is 0. The molecule has 0 bridgehead atoms. The van der Waals surface area contributed by atoms with Gasteiger partial charge in [-0.1, -0.05) is 12.7 Å². The number of rotatable bonds is 3. The second-order valence-corrected chi connectivity index (χ2v) is 4.96. The number of carbonyl (C=O) groups is 1. The Morgan fingerprint density at radius 2 is 2.00 bits per heavy atom. The predicted molar refractivity (Wildman–Crippen MR) is 78.6 cm³/mol. The number of amides is 1. The molecule has 1 heterocycles. The topological polar surface area (TPSA) is 76.6 Å². The minimum atomic E-state index is -0.508. The molecule has 0 radical (unpaired) electrons. The Balaban J connectivity index is 0.00000122. The summed E-state index contributed by atoms with van der Waals surface area (Å²) < 4.78 is 5.33. The van der Waals surface area contributed by atoms with E-state index in [9.17, 15) is 4.79 Å². The lowest BCUT2D eigenvalue weighted by molar-refractivity contribution is -0.191. The third kappa shape index (κ3) is 7.03. The van der Waals surface area contributed by atoms with Gasteiger partial charge in [0.2, 0.25) is 0 Å². The van der Waals surface area contributed by atoms with Crippen LogP contribution >= 0.6 is 0 Å². The van der Waals surface area contributed by atoms with Crippen molar-refractivity contribution < 1.29 is 19.1 Å². The zero-order chi connectivity index (χ0) is 16.5. The van der Waals surface area contributed by atoms with Gasteiger partial charge < -0.3 is 4.74 Å². The van der Waals surface area contributed by atoms with Crippen LogP contribution in [-0.2, 0) is 14.3 Å². The van der Waals surface area contributed by atoms with E-state index in [1.54, 1.807) is 18.3 Å². The molecule has 6 heteroatoms. The monoisotopic (exact) mass is 292 g/mol. The summed E-state index contributed by atoms with van der Waals surface area (Å²) in [6.45, 7) is 11.6. The van der Waals surface area contributed by atoms with Crippen LogP contribution in [0.4, 0.5) is 10.6 Å². The molecule has 21 heavy (non-hydrogen) atoms. The molecule has 0 aliphatic heterocycles. The average Bonchev–Trinajstić information content (AvgIpc) is 2.39. The fourth-order valence-electron chi connectivity index (χ4n) is 1.38. The number of pyridine rings is 1. The molecule has 1 amide bonds. The van der Waals surface area contributed by atoms with Gasteiger partial charge in [-0.3, -0.25) is 4.90 Å². The number of ether oxygens (including phenoxy) is 1. The molecule has 1 aromatic heterocycles. The molecule has 114 valence electrons. The lowest BCUT2D eigenvalue weighted by atomic mass is 10.2. The van der Waals surface area contributed by atoms with Crippen molar-refractivity contribution in [3.63, 3.8) is 0 Å². The van der Waals surface area contributed by atoms with Gasteiger partial charge in [-0.2, -0.15) is 9.59 Å². The van der Waals surface area contributed by atoms with Crippen molar-refractivity contribution in [1.29, 1.82) is 0 Å². The van der Waals surface area contributed by atoms with Gasteiger partial charge in [0.15, 0.2) is 0 Å². The van der Waals surface area contributed by atoms with E-state index in [-0.39, 0.29) is 12.2 Å². The van der Waals surface area contributed by atoms with E-state index in [4.69, 9.17) is 14.3 Å². The summed E-state index contributed by atoms with van der Waals surface area (Å²) in [6.07, 6.45) is 3.25. The lowest BCUT2D eigenvalue weighted by Gasteiger charge is -2.25. The molecule has 0 atom stereocenters. The van der Waals surface area contributed by atoms with Crippen LogP contribution in [-0.4, -0.2) is 29.4 Å². The lowest BCUT2D eigenvalue weighted by Crippen LogP contribution is -2.37. The third-order valence-corrected chi connectivity index (χ3v) is 2.21. The molecular formula is C15H20N2O4. The van der Waals surface area contributed by atoms with Gasteiger partial charge in [0.05, 0.1) is 0 Å². The maximum Gasteiger partial charge on any atom is 0.415 e. The summed E-state index contributed by atoms with van der Waals surface area (Å²) in [5.74, 6) is 0.581. The molecule has 0 saturated heterocycles. The van der Waals surface area contributed by atoms with Gasteiger partial charge in [-0.05, 0) is 45.4 Å². The number of nitrogens with zero attached hydrogens (tertiary/aromatic N) is 2. The number of anilines is 1. The van der Waals surface area contributed by atoms with Gasteiger partial charge in [0, 0.05) is 12.7 Å². The first-order chi connectivity index (χ1) is 9.78. The van der Waals surface area contributed by atoms with Crippen LogP contribution < -0.4 is 4.90 Å². The van der Waals surface area contributed by atoms with Gasteiger partial charge in [-0.25, -0.2) is 9.78 Å². The van der Waals surface area contributed by atoms with Crippen molar-refractivity contribution in [2.75, 3.05) is 11.4 Å². The van der Waals surface area contributed by atoms with E-state index in [1.807, 2.05) is 33.8 Å². The van der Waals surface area contributed by atoms with E-state index >= 15 is 0 Å². The van der Waals surface area contributed by atoms with Crippen LogP contribution in [0.2, 0.25) is 0 Å². The highest BCUT2D eigenvalue weighted by Gasteiger charge is 2.22. The summed E-state index contributed by atoms with van der Waals surface area (Å²) in [5.41, 5.74) is 0.407. The van der Waals surface area contributed by atoms with E-state index in [1.165, 1.54) is 4.90 Å². The second-order valence-electron chi connectivity index (χ2n) is 4.96. The molecule has 0 saturated carbocycles. The van der Waals surface area contributed by atoms with E-state index in [0.717, 1.165) is 5.56 Å². The van der Waals surface area contributed by atoms with Crippen molar-refractivity contribution in [1.82, 2.24) is 4.98 Å². The predicted octanol–water partition coefficient (Wildman–Crippen LogP) is 2.90. The number of carbonyl (C=O) groups excluding carboxylic acids is 3. The Hall–Kier alpha value is -2.46. The summed E-state index contributed by atoms with van der Waals surface area (Å²) in [4.78, 5) is 34.0. The normalized spacial score (nSPS) is 9.71. The molecule has 0 aromatic carbocycles. The van der Waals surface area contributed by atoms with Crippen LogP contribution in [0.1, 0.15) is 33.3 Å². The molecule has 0 unspecified atom stereocenters. The smallest absolute Gasteiger partial charge is 0.415 e. The van der Waals surface area contributed by atoms with Gasteiger partial charge in [-0.15, -0.1) is 0 Å². The Morgan fingerprint density at radius 1 is 1.43 bits per heavy atom. The van der Waals surface area contributed by atoms with Gasteiger partial charge >= 0.3 is 12.2 Å². The van der Waals surface area contributed by atoms with Crippen LogP contribution in [0.25, 0.3) is 6.08 Å². The van der Waals surface area contributed by atoms with Crippen molar-refractivity contribution in [3.8, 4) is 0 Å². The van der Waals surface area contributed by atoms with Gasteiger partial charge in [0.1, 0.15) is 11.4 Å². The standard InChI is InChI=1S/C14H20N2O2.CO2/c1-6-11-8-9-12(15-10-11)16(7-2)13(17)18-14(3,4)5;2-1-3/h6,8-10H,1,7H2,2-5H3;. The van der Waals surface area contributed by atoms with Crippen LogP contribution in [0.5, 0.6) is 0 Å². The number of hydrogen-bond acceptors (Lipinski definition) is 5. The van der Waals surface area contributed by atoms with Crippen LogP contribution in [0, 0.1) is 0 Å². The maximum absolute atomic E-state index is 12.0. The Morgan fingerprint density at radius 3 is 2.33 bits per heavy atom. The summed E-state index contributed by atoms with van der Waals surface area (Å²) in [6, 6.07) is 3.65. The van der Waals surface area contributed by atoms with Gasteiger partial charge in [0.25, 0.3) is 0 Å². The molecule has 1 rings (SSSR count). The van der Waals surface area contributed by atoms with E-state index in [2.05, 4.69) is 11.6 Å². The van der Waals surface area contributed by atoms with Crippen molar-refractivity contribution in [2.45, 2.75) is 33.3 Å². The molecule has 0 fully saturated rings. The first-order valence-corrected chi connectivity index (χ1v) is 6.37. The molecule has 1 aromatic rings. The largest absolute Gasteiger partial charge is 0.443 e. The Kier molecular flexibility index (Phi) is 7.65. The highest BCUT2D eigenvalue weighted by molar-refractivity contribution is 5.86. The number of hydrogen-bond donors (Lipinski definition) is 0. The first kappa shape index (κ1) is 18.5. The molecular weight excluding hydrogens is 272 g/mol. The van der Waals surface area contributed by atoms with E-state index < -0.39 is 5.60 Å². The number of aromatic nitrogens is 1. The fraction of sp³-hybridized carbons (Fsp3) is 0.400. The van der Waals surface area contributed by atoms with Crippen molar-refractivity contribution in [2.24, 2.45) is 0 Å². The second kappa shape index (κ2) is 8.66. The highest BCUT2D eigenvalue weighted by Crippen LogP contribution is 2.16. The minimum Gasteiger partial charge on any atom is -0.443 e. The van der Waals surface area contributed by atoms with Crippen LogP contribution in [0.15, 0.2) is 24.9 Å². The molecule has 0 N–H and O–H groups in total. The Labute approximate surface area is 124 Å². The molecule has 0 aliphatic carbocycles. The molecule has 6 nitrogen and oxygen atoms in total. The molecule has 0 aliphatic rings. The first-order valence-electron chi connectivity index (χ1n) is 6.37. The fourth-order valence-corrected chi connectivity index (χ4v) is 1.38. The minimum absolute atomic E-state index is 0.250. The maximum atomic E-state index is 12.0. The third-order valence-electron chi connectivity index (χ3n) is 2.21. The summed E-state index contributed by atoms with van der Waals surface area (Å²) >= 11 is 0.